The van der Waals surface area contributed by atoms with E-state index in [1.165, 1.54) is 15.4 Å². The van der Waals surface area contributed by atoms with Crippen molar-refractivity contribution in [2.75, 3.05) is 13.1 Å². The van der Waals surface area contributed by atoms with Gasteiger partial charge in [0.05, 0.1) is 10.8 Å². The number of carbonyl (C=O) groups is 1. The van der Waals surface area contributed by atoms with Gasteiger partial charge in [-0.1, -0.05) is 24.3 Å². The van der Waals surface area contributed by atoms with E-state index in [1.54, 1.807) is 12.1 Å². The van der Waals surface area contributed by atoms with E-state index in [1.807, 2.05) is 30.5 Å². The summed E-state index contributed by atoms with van der Waals surface area (Å²) in [5.41, 5.74) is 3.40. The quantitative estimate of drug-likeness (QED) is 0.696. The molecule has 6 nitrogen and oxygen atoms in total. The first-order valence-corrected chi connectivity index (χ1v) is 11.2. The Hall–Kier alpha value is -2.64. The van der Waals surface area contributed by atoms with E-state index < -0.39 is 21.9 Å². The Bertz CT molecular complexity index is 1170. The van der Waals surface area contributed by atoms with E-state index in [-0.39, 0.29) is 11.4 Å². The van der Waals surface area contributed by atoms with Crippen LogP contribution in [0.25, 0.3) is 10.9 Å². The van der Waals surface area contributed by atoms with Crippen LogP contribution in [0, 0.1) is 12.8 Å². The number of hydrogen-bond donors (Lipinski definition) is 1. The fourth-order valence-electron chi connectivity index (χ4n) is 3.96. The molecule has 1 N–H and O–H groups in total. The average molecular weight is 413 g/mol. The molecule has 1 fully saturated rings. The molecule has 29 heavy (non-hydrogen) atoms. The topological polar surface area (TPSA) is 79.6 Å². The van der Waals surface area contributed by atoms with Crippen LogP contribution in [-0.4, -0.2) is 41.5 Å². The smallest absolute Gasteiger partial charge is 0.307 e. The van der Waals surface area contributed by atoms with Crippen LogP contribution in [0.5, 0.6) is 0 Å². The fourth-order valence-corrected chi connectivity index (χ4v) is 5.52. The highest BCUT2D eigenvalue weighted by molar-refractivity contribution is 7.89. The van der Waals surface area contributed by atoms with Crippen LogP contribution >= 0.6 is 0 Å². The lowest BCUT2D eigenvalue weighted by atomic mass is 10.0. The number of rotatable bonds is 5. The maximum atomic E-state index is 13.1. The Labute approximate surface area is 170 Å². The Kier molecular flexibility index (Phi) is 5.19. The molecule has 1 aliphatic rings. The fraction of sp³-hybridized carbons (Fsp3) is 0.318. The normalized spacial score (nSPS) is 18.2. The van der Waals surface area contributed by atoms with Gasteiger partial charge in [-0.3, -0.25) is 4.79 Å². The first-order chi connectivity index (χ1) is 13.9. The van der Waals surface area contributed by atoms with E-state index in [0.717, 1.165) is 10.9 Å². The average Bonchev–Trinajstić information content (AvgIpc) is 3.12. The van der Waals surface area contributed by atoms with Crippen molar-refractivity contribution >= 4 is 26.9 Å². The van der Waals surface area contributed by atoms with Gasteiger partial charge >= 0.3 is 5.97 Å². The van der Waals surface area contributed by atoms with Gasteiger partial charge in [-0.25, -0.2) is 8.42 Å². The molecule has 1 unspecified atom stereocenters. The van der Waals surface area contributed by atoms with E-state index >= 15 is 0 Å². The highest BCUT2D eigenvalue weighted by Crippen LogP contribution is 2.27. The molecule has 1 saturated heterocycles. The molecule has 0 spiro atoms. The minimum atomic E-state index is -3.72. The molecule has 2 heterocycles. The molecule has 0 radical (unpaired) electrons. The number of sulfonamides is 1. The van der Waals surface area contributed by atoms with Gasteiger partial charge in [-0.05, 0) is 55.2 Å². The number of hydrogen-bond acceptors (Lipinski definition) is 3. The summed E-state index contributed by atoms with van der Waals surface area (Å²) >= 11 is 0. The number of carboxylic acid groups (broad SMARTS) is 1. The third-order valence-corrected chi connectivity index (χ3v) is 7.58. The maximum absolute atomic E-state index is 13.1. The number of fused-ring (bicyclic) bond motifs is 1. The van der Waals surface area contributed by atoms with Crippen molar-refractivity contribution in [3.63, 3.8) is 0 Å². The molecule has 0 saturated carbocycles. The summed E-state index contributed by atoms with van der Waals surface area (Å²) in [7, 11) is -3.72. The van der Waals surface area contributed by atoms with E-state index in [4.69, 9.17) is 0 Å². The summed E-state index contributed by atoms with van der Waals surface area (Å²) in [5.74, 6) is -1.58. The number of aromatic nitrogens is 1. The lowest BCUT2D eigenvalue weighted by molar-refractivity contribution is -0.142. The van der Waals surface area contributed by atoms with Crippen molar-refractivity contribution < 1.29 is 18.3 Å². The van der Waals surface area contributed by atoms with Gasteiger partial charge in [0.1, 0.15) is 0 Å². The largest absolute Gasteiger partial charge is 0.481 e. The van der Waals surface area contributed by atoms with Crippen molar-refractivity contribution in [1.29, 1.82) is 0 Å². The summed E-state index contributed by atoms with van der Waals surface area (Å²) in [6, 6.07) is 15.3. The molecule has 1 aliphatic heterocycles. The zero-order valence-corrected chi connectivity index (χ0v) is 17.1. The summed E-state index contributed by atoms with van der Waals surface area (Å²) < 4.78 is 29.5. The molecule has 4 rings (SSSR count). The molecule has 3 aromatic rings. The van der Waals surface area contributed by atoms with Crippen LogP contribution in [0.3, 0.4) is 0 Å². The molecule has 0 bridgehead atoms. The van der Waals surface area contributed by atoms with E-state index in [0.29, 0.717) is 25.9 Å². The zero-order chi connectivity index (χ0) is 20.6. The minimum Gasteiger partial charge on any atom is -0.481 e. The van der Waals surface area contributed by atoms with Crippen LogP contribution in [0.1, 0.15) is 24.0 Å². The Balaban J connectivity index is 1.63. The highest BCUT2D eigenvalue weighted by Gasteiger charge is 2.33. The lowest BCUT2D eigenvalue weighted by Crippen LogP contribution is -2.42. The van der Waals surface area contributed by atoms with Crippen molar-refractivity contribution in [3.8, 4) is 0 Å². The van der Waals surface area contributed by atoms with Gasteiger partial charge in [0, 0.05) is 36.7 Å². The molecule has 7 heteroatoms. The Morgan fingerprint density at radius 3 is 2.72 bits per heavy atom. The number of aliphatic carboxylic acids is 1. The third kappa shape index (κ3) is 3.80. The summed E-state index contributed by atoms with van der Waals surface area (Å²) in [6.45, 7) is 3.19. The molecular weight excluding hydrogens is 388 g/mol. The summed E-state index contributed by atoms with van der Waals surface area (Å²) in [6.07, 6.45) is 3.04. The standard InChI is InChI=1S/C22H24N2O4S/c1-16-5-2-3-6-18(16)14-23-12-10-17-13-20(8-9-21(17)23)29(27,28)24-11-4-7-19(15-24)22(25)26/h2-3,5-6,8-10,12-13,19H,4,7,11,14-15H2,1H3,(H,25,26). The number of benzene rings is 2. The van der Waals surface area contributed by atoms with Gasteiger partial charge in [0.2, 0.25) is 10.0 Å². The first kappa shape index (κ1) is 19.7. The van der Waals surface area contributed by atoms with Gasteiger partial charge in [0.15, 0.2) is 0 Å². The van der Waals surface area contributed by atoms with Crippen LogP contribution < -0.4 is 0 Å². The second kappa shape index (κ2) is 7.65. The van der Waals surface area contributed by atoms with Crippen molar-refractivity contribution in [2.24, 2.45) is 5.92 Å². The van der Waals surface area contributed by atoms with Crippen LogP contribution in [0.15, 0.2) is 59.6 Å². The first-order valence-electron chi connectivity index (χ1n) is 9.72. The van der Waals surface area contributed by atoms with Gasteiger partial charge in [-0.2, -0.15) is 4.31 Å². The monoisotopic (exact) mass is 412 g/mol. The van der Waals surface area contributed by atoms with Crippen LogP contribution in [0.4, 0.5) is 0 Å². The highest BCUT2D eigenvalue weighted by atomic mass is 32.2. The van der Waals surface area contributed by atoms with E-state index in [9.17, 15) is 18.3 Å². The molecule has 152 valence electrons. The Morgan fingerprint density at radius 2 is 1.97 bits per heavy atom. The Morgan fingerprint density at radius 1 is 1.17 bits per heavy atom. The van der Waals surface area contributed by atoms with Gasteiger partial charge in [-0.15, -0.1) is 0 Å². The second-order valence-electron chi connectivity index (χ2n) is 7.63. The number of carboxylic acids is 1. The maximum Gasteiger partial charge on any atom is 0.307 e. The molecule has 0 aliphatic carbocycles. The molecule has 1 aromatic heterocycles. The zero-order valence-electron chi connectivity index (χ0n) is 16.3. The molecular formula is C22H24N2O4S. The predicted molar refractivity (Wildman–Crippen MR) is 111 cm³/mol. The second-order valence-corrected chi connectivity index (χ2v) is 9.57. The van der Waals surface area contributed by atoms with Crippen molar-refractivity contribution in [2.45, 2.75) is 31.2 Å². The van der Waals surface area contributed by atoms with Crippen LogP contribution in [0.2, 0.25) is 0 Å². The predicted octanol–water partition coefficient (Wildman–Crippen LogP) is 3.48. The SMILES string of the molecule is Cc1ccccc1Cn1ccc2cc(S(=O)(=O)N3CCCC(C(=O)O)C3)ccc21. The van der Waals surface area contributed by atoms with Crippen molar-refractivity contribution in [3.05, 3.63) is 65.9 Å². The summed E-state index contributed by atoms with van der Waals surface area (Å²) in [5, 5.41) is 10.1. The van der Waals surface area contributed by atoms with Crippen LogP contribution in [-0.2, 0) is 21.4 Å². The molecule has 0 amide bonds. The van der Waals surface area contributed by atoms with E-state index in [2.05, 4.69) is 23.6 Å². The van der Waals surface area contributed by atoms with Gasteiger partial charge < -0.3 is 9.67 Å². The lowest BCUT2D eigenvalue weighted by Gasteiger charge is -2.29. The molecule has 1 atom stereocenters. The number of nitrogens with zero attached hydrogens (tertiary/aromatic N) is 2. The molecule has 2 aromatic carbocycles. The van der Waals surface area contributed by atoms with Crippen molar-refractivity contribution in [1.82, 2.24) is 8.87 Å². The third-order valence-electron chi connectivity index (χ3n) is 5.72. The van der Waals surface area contributed by atoms with Gasteiger partial charge in [0.25, 0.3) is 0 Å². The number of aryl methyl sites for hydroxylation is 1. The summed E-state index contributed by atoms with van der Waals surface area (Å²) in [4.78, 5) is 11.5. The number of piperidine rings is 1. The minimum absolute atomic E-state index is 0.0317.